The van der Waals surface area contributed by atoms with E-state index < -0.39 is 12.1 Å². The lowest BCUT2D eigenvalue weighted by Crippen LogP contribution is -2.58. The van der Waals surface area contributed by atoms with E-state index in [0.717, 1.165) is 44.9 Å². The first-order valence-electron chi connectivity index (χ1n) is 12.2. The van der Waals surface area contributed by atoms with Crippen LogP contribution in [0.3, 0.4) is 0 Å². The zero-order valence-electron chi connectivity index (χ0n) is 19.2. The number of hydrogen-bond acceptors (Lipinski definition) is 4. The molecule has 3 aliphatic rings. The Bertz CT molecular complexity index is 857. The summed E-state index contributed by atoms with van der Waals surface area (Å²) in [6, 6.07) is 7.01. The highest BCUT2D eigenvalue weighted by Gasteiger charge is 2.44. The second kappa shape index (κ2) is 10.0. The SMILES string of the molecule is CNC(C)C(=O)NC1CCCCC2CCC(C(=O)NC3CCCc4ccccc43)N2C1=O. The van der Waals surface area contributed by atoms with E-state index in [4.69, 9.17) is 0 Å². The van der Waals surface area contributed by atoms with Crippen LogP contribution in [0.1, 0.15) is 75.5 Å². The Morgan fingerprint density at radius 1 is 0.969 bits per heavy atom. The van der Waals surface area contributed by atoms with Gasteiger partial charge < -0.3 is 20.9 Å². The molecule has 2 heterocycles. The first kappa shape index (κ1) is 22.8. The lowest BCUT2D eigenvalue weighted by Gasteiger charge is -2.36. The summed E-state index contributed by atoms with van der Waals surface area (Å²) in [5.74, 6) is -0.341. The molecule has 2 saturated heterocycles. The molecule has 1 aromatic carbocycles. The van der Waals surface area contributed by atoms with Gasteiger partial charge in [0.15, 0.2) is 0 Å². The third kappa shape index (κ3) is 4.68. The van der Waals surface area contributed by atoms with E-state index in [2.05, 4.69) is 28.1 Å². The Morgan fingerprint density at radius 2 is 1.72 bits per heavy atom. The number of likely N-dealkylation sites (N-methyl/N-ethyl adjacent to an activating group) is 1. The van der Waals surface area contributed by atoms with E-state index in [1.165, 1.54) is 11.1 Å². The van der Waals surface area contributed by atoms with Crippen LogP contribution in [0.25, 0.3) is 0 Å². The maximum Gasteiger partial charge on any atom is 0.246 e. The number of nitrogens with zero attached hydrogens (tertiary/aromatic N) is 1. The molecule has 4 rings (SSSR count). The Morgan fingerprint density at radius 3 is 2.53 bits per heavy atom. The minimum Gasteiger partial charge on any atom is -0.347 e. The Kier molecular flexibility index (Phi) is 7.13. The van der Waals surface area contributed by atoms with Gasteiger partial charge in [0.1, 0.15) is 12.1 Å². The summed E-state index contributed by atoms with van der Waals surface area (Å²) in [6.07, 6.45) is 8.01. The molecule has 3 amide bonds. The summed E-state index contributed by atoms with van der Waals surface area (Å²) in [5.41, 5.74) is 2.50. The Hall–Kier alpha value is -2.41. The zero-order chi connectivity index (χ0) is 22.7. The van der Waals surface area contributed by atoms with Crippen molar-refractivity contribution in [1.82, 2.24) is 20.9 Å². The topological polar surface area (TPSA) is 90.5 Å². The normalized spacial score (nSPS) is 28.7. The summed E-state index contributed by atoms with van der Waals surface area (Å²) in [6.45, 7) is 1.78. The largest absolute Gasteiger partial charge is 0.347 e. The average Bonchev–Trinajstić information content (AvgIpc) is 3.22. The maximum atomic E-state index is 13.5. The molecule has 7 heteroatoms. The van der Waals surface area contributed by atoms with Crippen molar-refractivity contribution < 1.29 is 14.4 Å². The van der Waals surface area contributed by atoms with Crippen LogP contribution in [0.15, 0.2) is 24.3 Å². The van der Waals surface area contributed by atoms with Crippen molar-refractivity contribution in [2.24, 2.45) is 0 Å². The molecule has 0 spiro atoms. The van der Waals surface area contributed by atoms with Gasteiger partial charge in [-0.25, -0.2) is 0 Å². The van der Waals surface area contributed by atoms with Crippen LogP contribution in [0.2, 0.25) is 0 Å². The van der Waals surface area contributed by atoms with Gasteiger partial charge in [0.05, 0.1) is 12.1 Å². The van der Waals surface area contributed by atoms with Crippen LogP contribution < -0.4 is 16.0 Å². The molecule has 7 nitrogen and oxygen atoms in total. The highest BCUT2D eigenvalue weighted by Crippen LogP contribution is 2.33. The van der Waals surface area contributed by atoms with Crippen LogP contribution in [0, 0.1) is 0 Å². The van der Waals surface area contributed by atoms with Crippen molar-refractivity contribution >= 4 is 17.7 Å². The van der Waals surface area contributed by atoms with Gasteiger partial charge in [-0.3, -0.25) is 14.4 Å². The van der Waals surface area contributed by atoms with Gasteiger partial charge in [0, 0.05) is 6.04 Å². The Labute approximate surface area is 190 Å². The number of aryl methyl sites for hydroxylation is 1. The quantitative estimate of drug-likeness (QED) is 0.655. The third-order valence-electron chi connectivity index (χ3n) is 7.47. The van der Waals surface area contributed by atoms with Crippen molar-refractivity contribution in [2.45, 2.75) is 94.9 Å². The van der Waals surface area contributed by atoms with E-state index in [9.17, 15) is 14.4 Å². The molecule has 3 N–H and O–H groups in total. The van der Waals surface area contributed by atoms with E-state index >= 15 is 0 Å². The average molecular weight is 441 g/mol. The smallest absolute Gasteiger partial charge is 0.246 e. The molecule has 0 bridgehead atoms. The fraction of sp³-hybridized carbons (Fsp3) is 0.640. The predicted molar refractivity (Wildman–Crippen MR) is 123 cm³/mol. The van der Waals surface area contributed by atoms with E-state index in [-0.39, 0.29) is 35.8 Å². The molecular weight excluding hydrogens is 404 g/mol. The molecule has 174 valence electrons. The van der Waals surface area contributed by atoms with Gasteiger partial charge >= 0.3 is 0 Å². The summed E-state index contributed by atoms with van der Waals surface area (Å²) >= 11 is 0. The van der Waals surface area contributed by atoms with Crippen molar-refractivity contribution in [3.8, 4) is 0 Å². The third-order valence-corrected chi connectivity index (χ3v) is 7.47. The van der Waals surface area contributed by atoms with Gasteiger partial charge in [-0.05, 0) is 70.0 Å². The summed E-state index contributed by atoms with van der Waals surface area (Å²) in [4.78, 5) is 41.2. The van der Waals surface area contributed by atoms with Gasteiger partial charge in [-0.1, -0.05) is 37.1 Å². The first-order valence-corrected chi connectivity index (χ1v) is 12.2. The van der Waals surface area contributed by atoms with E-state index in [1.807, 2.05) is 12.1 Å². The standard InChI is InChI=1S/C25H36N4O3/c1-16(26-2)23(30)28-21-12-6-4-10-18-14-15-22(29(18)25(21)32)24(31)27-20-13-7-9-17-8-3-5-11-19(17)20/h3,5,8,11,16,18,20-22,26H,4,6-7,9-10,12-15H2,1-2H3,(H,27,31)(H,28,30). The molecule has 2 fully saturated rings. The molecule has 1 aromatic rings. The van der Waals surface area contributed by atoms with Gasteiger partial charge in [0.2, 0.25) is 17.7 Å². The highest BCUT2D eigenvalue weighted by atomic mass is 16.2. The van der Waals surface area contributed by atoms with Crippen LogP contribution in [-0.4, -0.2) is 53.8 Å². The number of rotatable bonds is 5. The molecule has 1 aliphatic carbocycles. The monoisotopic (exact) mass is 440 g/mol. The maximum absolute atomic E-state index is 13.5. The van der Waals surface area contributed by atoms with E-state index in [0.29, 0.717) is 12.8 Å². The van der Waals surface area contributed by atoms with Crippen LogP contribution >= 0.6 is 0 Å². The number of benzene rings is 1. The molecule has 5 atom stereocenters. The van der Waals surface area contributed by atoms with Crippen molar-refractivity contribution in [2.75, 3.05) is 7.05 Å². The lowest BCUT2D eigenvalue weighted by molar-refractivity contribution is -0.144. The number of nitrogens with one attached hydrogen (secondary N) is 3. The van der Waals surface area contributed by atoms with Crippen LogP contribution in [-0.2, 0) is 20.8 Å². The number of amides is 3. The summed E-state index contributed by atoms with van der Waals surface area (Å²) in [7, 11) is 1.73. The fourth-order valence-corrected chi connectivity index (χ4v) is 5.52. The molecule has 0 saturated carbocycles. The number of fused-ring (bicyclic) bond motifs is 2. The highest BCUT2D eigenvalue weighted by molar-refractivity contribution is 5.93. The number of carbonyl (C=O) groups excluding carboxylic acids is 3. The summed E-state index contributed by atoms with van der Waals surface area (Å²) in [5, 5.41) is 9.11. The predicted octanol–water partition coefficient (Wildman–Crippen LogP) is 2.21. The Balaban J connectivity index is 1.49. The minimum atomic E-state index is -0.565. The van der Waals surface area contributed by atoms with E-state index in [1.54, 1.807) is 18.9 Å². The number of hydrogen-bond donors (Lipinski definition) is 3. The second-order valence-corrected chi connectivity index (χ2v) is 9.50. The molecular formula is C25H36N4O3. The van der Waals surface area contributed by atoms with Gasteiger partial charge in [0.25, 0.3) is 0 Å². The fourth-order valence-electron chi connectivity index (χ4n) is 5.52. The minimum absolute atomic E-state index is 0.00309. The van der Waals surface area contributed by atoms with Crippen LogP contribution in [0.5, 0.6) is 0 Å². The first-order chi connectivity index (χ1) is 15.5. The van der Waals surface area contributed by atoms with Crippen molar-refractivity contribution in [1.29, 1.82) is 0 Å². The molecule has 5 unspecified atom stereocenters. The summed E-state index contributed by atoms with van der Waals surface area (Å²) < 4.78 is 0. The van der Waals surface area contributed by atoms with Crippen molar-refractivity contribution in [3.63, 3.8) is 0 Å². The van der Waals surface area contributed by atoms with Crippen molar-refractivity contribution in [3.05, 3.63) is 35.4 Å². The zero-order valence-corrected chi connectivity index (χ0v) is 19.2. The molecule has 0 radical (unpaired) electrons. The molecule has 0 aromatic heterocycles. The second-order valence-electron chi connectivity index (χ2n) is 9.50. The number of carbonyl (C=O) groups is 3. The van der Waals surface area contributed by atoms with Crippen LogP contribution in [0.4, 0.5) is 0 Å². The lowest BCUT2D eigenvalue weighted by atomic mass is 9.87. The van der Waals surface area contributed by atoms with Gasteiger partial charge in [-0.15, -0.1) is 0 Å². The molecule has 32 heavy (non-hydrogen) atoms. The molecule has 2 aliphatic heterocycles. The van der Waals surface area contributed by atoms with Gasteiger partial charge in [-0.2, -0.15) is 0 Å².